The van der Waals surface area contributed by atoms with Gasteiger partial charge in [0.25, 0.3) is 0 Å². The third-order valence-electron chi connectivity index (χ3n) is 10.8. The molecule has 0 radical (unpaired) electrons. The first-order chi connectivity index (χ1) is 30.3. The Bertz CT molecular complexity index is 3790. The average Bonchev–Trinajstić information content (AvgIpc) is 3.98. The summed E-state index contributed by atoms with van der Waals surface area (Å²) in [5.74, 6) is 1.32. The minimum Gasteiger partial charge on any atom is -0.456 e. The van der Waals surface area contributed by atoms with Gasteiger partial charge in [0.15, 0.2) is 11.6 Å². The minimum absolute atomic E-state index is 0.115. The van der Waals surface area contributed by atoms with Gasteiger partial charge in [0.2, 0.25) is 5.95 Å². The standard InChI is InChI=1S/C51H30N4O2/c1-3-12-31(13-4-1)32-22-24-34(25-23-32)49-52-50(35-26-27-39-46(28-35)57-45-21-11-18-36(48(39)45)33-14-5-2-6-15-33)54-51(53-49)55-42-19-9-7-16-37(42)40-29-41-38-17-8-10-20-44(38)56-47(41)30-43(40)55/h1-30H/i2D,5D,6D,14D,15D. The van der Waals surface area contributed by atoms with Crippen molar-refractivity contribution in [2.45, 2.75) is 0 Å². The fourth-order valence-corrected chi connectivity index (χ4v) is 8.13. The fourth-order valence-electron chi connectivity index (χ4n) is 8.13. The topological polar surface area (TPSA) is 69.9 Å². The maximum Gasteiger partial charge on any atom is 0.238 e. The van der Waals surface area contributed by atoms with Crippen molar-refractivity contribution in [3.05, 3.63) is 182 Å². The first kappa shape index (κ1) is 26.9. The molecule has 0 bridgehead atoms. The highest BCUT2D eigenvalue weighted by molar-refractivity contribution is 6.17. The molecule has 0 N–H and O–H groups in total. The monoisotopic (exact) mass is 735 g/mol. The van der Waals surface area contributed by atoms with Crippen molar-refractivity contribution in [2.24, 2.45) is 0 Å². The van der Waals surface area contributed by atoms with Crippen LogP contribution in [0.5, 0.6) is 0 Å². The van der Waals surface area contributed by atoms with Crippen LogP contribution in [0.1, 0.15) is 6.85 Å². The quantitative estimate of drug-likeness (QED) is 0.176. The summed E-state index contributed by atoms with van der Waals surface area (Å²) in [5.41, 5.74) is 8.67. The molecule has 6 heteroatoms. The Labute approximate surface area is 332 Å². The van der Waals surface area contributed by atoms with Gasteiger partial charge in [0, 0.05) is 49.5 Å². The number of hydrogen-bond acceptors (Lipinski definition) is 5. The molecule has 0 saturated carbocycles. The molecule has 12 rings (SSSR count). The van der Waals surface area contributed by atoms with Gasteiger partial charge in [0.05, 0.1) is 17.9 Å². The average molecular weight is 736 g/mol. The van der Waals surface area contributed by atoms with Crippen LogP contribution < -0.4 is 0 Å². The van der Waals surface area contributed by atoms with Crippen molar-refractivity contribution in [2.75, 3.05) is 0 Å². The van der Waals surface area contributed by atoms with Crippen molar-refractivity contribution >= 4 is 65.7 Å². The second kappa shape index (κ2) is 12.3. The number of para-hydroxylation sites is 2. The molecule has 0 aliphatic rings. The molecular weight excluding hydrogens is 701 g/mol. The molecule has 4 heterocycles. The van der Waals surface area contributed by atoms with Crippen molar-refractivity contribution in [1.82, 2.24) is 19.5 Å². The summed E-state index contributed by atoms with van der Waals surface area (Å²) in [5, 5.41) is 5.52. The number of aromatic nitrogens is 4. The normalized spacial score (nSPS) is 13.1. The summed E-state index contributed by atoms with van der Waals surface area (Å²) in [6.07, 6.45) is 0. The second-order valence-electron chi connectivity index (χ2n) is 14.0. The molecule has 6 nitrogen and oxygen atoms in total. The molecule has 12 aromatic rings. The fraction of sp³-hybridized carbons (Fsp3) is 0. The number of furan rings is 2. The summed E-state index contributed by atoms with van der Waals surface area (Å²) < 4.78 is 57.1. The van der Waals surface area contributed by atoms with E-state index in [9.17, 15) is 0 Å². The van der Waals surface area contributed by atoms with E-state index in [1.54, 1.807) is 12.1 Å². The van der Waals surface area contributed by atoms with Crippen LogP contribution in [-0.4, -0.2) is 19.5 Å². The summed E-state index contributed by atoms with van der Waals surface area (Å²) >= 11 is 0. The smallest absolute Gasteiger partial charge is 0.238 e. The molecule has 8 aromatic carbocycles. The molecule has 0 aliphatic carbocycles. The molecule has 0 aliphatic heterocycles. The lowest BCUT2D eigenvalue weighted by Crippen LogP contribution is -2.06. The van der Waals surface area contributed by atoms with E-state index >= 15 is 0 Å². The third-order valence-corrected chi connectivity index (χ3v) is 10.8. The minimum atomic E-state index is -0.440. The largest absolute Gasteiger partial charge is 0.456 e. The number of hydrogen-bond donors (Lipinski definition) is 0. The number of fused-ring (bicyclic) bond motifs is 9. The Morgan fingerprint density at radius 1 is 0.404 bits per heavy atom. The molecule has 4 aromatic heterocycles. The van der Waals surface area contributed by atoms with E-state index in [1.165, 1.54) is 0 Å². The lowest BCUT2D eigenvalue weighted by atomic mass is 9.99. The molecule has 0 atom stereocenters. The number of benzene rings is 8. The van der Waals surface area contributed by atoms with Crippen molar-refractivity contribution in [3.8, 4) is 51.0 Å². The van der Waals surface area contributed by atoms with Gasteiger partial charge in [-0.1, -0.05) is 139 Å². The number of nitrogens with zero attached hydrogens (tertiary/aromatic N) is 4. The van der Waals surface area contributed by atoms with Crippen LogP contribution in [0.4, 0.5) is 0 Å². The molecule has 0 saturated heterocycles. The third kappa shape index (κ3) is 5.01. The SMILES string of the molecule is [2H]c1c([2H])c([2H])c(-c2cccc3oc4cc(-c5nc(-c6ccc(-c7ccccc7)cc6)nc(-n6c7ccccc7c7cc8c(cc76)oc6ccccc68)n5)ccc4c23)c([2H])c1[2H]. The zero-order valence-corrected chi connectivity index (χ0v) is 30.0. The number of rotatable bonds is 5. The maximum absolute atomic E-state index is 8.71. The predicted octanol–water partition coefficient (Wildman–Crippen LogP) is 13.4. The van der Waals surface area contributed by atoms with Crippen LogP contribution in [0.15, 0.2) is 191 Å². The Morgan fingerprint density at radius 2 is 1.07 bits per heavy atom. The molecular formula is C51H30N4O2. The maximum atomic E-state index is 8.71. The molecule has 57 heavy (non-hydrogen) atoms. The van der Waals surface area contributed by atoms with E-state index in [0.717, 1.165) is 65.8 Å². The van der Waals surface area contributed by atoms with E-state index in [-0.39, 0.29) is 17.6 Å². The molecule has 266 valence electrons. The summed E-state index contributed by atoms with van der Waals surface area (Å²) in [7, 11) is 0. The molecule has 0 spiro atoms. The van der Waals surface area contributed by atoms with E-state index in [1.807, 2.05) is 84.9 Å². The van der Waals surface area contributed by atoms with Gasteiger partial charge in [-0.15, -0.1) is 0 Å². The lowest BCUT2D eigenvalue weighted by molar-refractivity contribution is 0.668. The Hall–Kier alpha value is -7.83. The van der Waals surface area contributed by atoms with Crippen LogP contribution in [-0.2, 0) is 0 Å². The van der Waals surface area contributed by atoms with Crippen LogP contribution in [0.3, 0.4) is 0 Å². The Balaban J connectivity index is 1.08. The highest BCUT2D eigenvalue weighted by Crippen LogP contribution is 2.40. The zero-order chi connectivity index (χ0) is 41.8. The van der Waals surface area contributed by atoms with Crippen LogP contribution >= 0.6 is 0 Å². The highest BCUT2D eigenvalue weighted by Gasteiger charge is 2.21. The Kier molecular flexibility index (Phi) is 5.82. The first-order valence-corrected chi connectivity index (χ1v) is 18.6. The van der Waals surface area contributed by atoms with E-state index in [2.05, 4.69) is 59.2 Å². The van der Waals surface area contributed by atoms with Crippen LogP contribution in [0, 0.1) is 0 Å². The van der Waals surface area contributed by atoms with Crippen molar-refractivity contribution < 1.29 is 15.7 Å². The van der Waals surface area contributed by atoms with Gasteiger partial charge in [-0.3, -0.25) is 4.57 Å². The van der Waals surface area contributed by atoms with Gasteiger partial charge < -0.3 is 8.83 Å². The summed E-state index contributed by atoms with van der Waals surface area (Å²) in [6.45, 7) is 0. The summed E-state index contributed by atoms with van der Waals surface area (Å²) in [4.78, 5) is 15.5. The first-order valence-electron chi connectivity index (χ1n) is 21.1. The summed E-state index contributed by atoms with van der Waals surface area (Å²) in [6, 6.07) is 48.2. The van der Waals surface area contributed by atoms with E-state index in [4.69, 9.17) is 30.6 Å². The van der Waals surface area contributed by atoms with Gasteiger partial charge in [-0.2, -0.15) is 9.97 Å². The van der Waals surface area contributed by atoms with Crippen LogP contribution in [0.25, 0.3) is 117 Å². The van der Waals surface area contributed by atoms with Gasteiger partial charge in [0.1, 0.15) is 22.3 Å². The van der Waals surface area contributed by atoms with E-state index < -0.39 is 18.1 Å². The van der Waals surface area contributed by atoms with Gasteiger partial charge in [-0.25, -0.2) is 4.98 Å². The van der Waals surface area contributed by atoms with Gasteiger partial charge in [-0.05, 0) is 58.7 Å². The second-order valence-corrected chi connectivity index (χ2v) is 14.0. The van der Waals surface area contributed by atoms with Crippen molar-refractivity contribution in [3.63, 3.8) is 0 Å². The molecule has 0 unspecified atom stereocenters. The lowest BCUT2D eigenvalue weighted by Gasteiger charge is -2.11. The zero-order valence-electron chi connectivity index (χ0n) is 35.0. The molecule has 0 amide bonds. The van der Waals surface area contributed by atoms with Crippen LogP contribution in [0.2, 0.25) is 0 Å². The van der Waals surface area contributed by atoms with E-state index in [0.29, 0.717) is 45.3 Å². The Morgan fingerprint density at radius 3 is 1.93 bits per heavy atom. The molecule has 0 fully saturated rings. The highest BCUT2D eigenvalue weighted by atomic mass is 16.3. The van der Waals surface area contributed by atoms with Gasteiger partial charge >= 0.3 is 0 Å². The predicted molar refractivity (Wildman–Crippen MR) is 230 cm³/mol. The van der Waals surface area contributed by atoms with Crippen molar-refractivity contribution in [1.29, 1.82) is 0 Å².